The quantitative estimate of drug-likeness (QED) is 0.286. The fraction of sp³-hybridized carbons (Fsp3) is 0.400. The van der Waals surface area contributed by atoms with Gasteiger partial charge in [-0.05, 0) is 83.5 Å². The molecule has 2 aromatic rings. The van der Waals surface area contributed by atoms with Gasteiger partial charge in [0.15, 0.2) is 0 Å². The van der Waals surface area contributed by atoms with Gasteiger partial charge >= 0.3 is 17.3 Å². The number of nitrogens with one attached hydrogen (secondary N) is 1. The summed E-state index contributed by atoms with van der Waals surface area (Å²) in [5.74, 6) is 0. The maximum Gasteiger partial charge on any atom is 0.497 e. The summed E-state index contributed by atoms with van der Waals surface area (Å²) in [6.45, 7) is 10.7. The molecule has 32 heavy (non-hydrogen) atoms. The third kappa shape index (κ3) is 5.16. The lowest BCUT2D eigenvalue weighted by Crippen LogP contribution is -2.41. The predicted molar refractivity (Wildman–Crippen MR) is 122 cm³/mol. The van der Waals surface area contributed by atoms with E-state index in [4.69, 9.17) is 9.31 Å². The van der Waals surface area contributed by atoms with Crippen LogP contribution in [0.1, 0.15) is 27.7 Å². The van der Waals surface area contributed by atoms with E-state index >= 15 is 0 Å². The second-order valence-corrected chi connectivity index (χ2v) is 15.0. The van der Waals surface area contributed by atoms with Crippen molar-refractivity contribution in [2.45, 2.75) is 43.8 Å². The van der Waals surface area contributed by atoms with Gasteiger partial charge in [-0.1, -0.05) is 19.4 Å². The Kier molecular flexibility index (Phi) is 5.29. The van der Waals surface area contributed by atoms with Gasteiger partial charge in [0.1, 0.15) is 12.0 Å². The van der Waals surface area contributed by atoms with E-state index in [1.165, 1.54) is 0 Å². The first-order valence-electron chi connectivity index (χ1n) is 9.75. The van der Waals surface area contributed by atoms with Crippen molar-refractivity contribution in [3.63, 3.8) is 0 Å². The van der Waals surface area contributed by atoms with Crippen molar-refractivity contribution in [2.24, 2.45) is 0 Å². The summed E-state index contributed by atoms with van der Waals surface area (Å²) >= 11 is 0. The van der Waals surface area contributed by atoms with Gasteiger partial charge in [0.05, 0.1) is 11.2 Å². The average molecular weight is 497 g/mol. The van der Waals surface area contributed by atoms with Gasteiger partial charge in [-0.15, -0.1) is 0 Å². The van der Waals surface area contributed by atoms with E-state index in [0.717, 1.165) is 12.1 Å². The van der Waals surface area contributed by atoms with Crippen LogP contribution in [0, 0.1) is 0 Å². The monoisotopic (exact) mass is 497 g/mol. The van der Waals surface area contributed by atoms with Crippen LogP contribution in [0.5, 0.6) is 0 Å². The molecule has 0 atom stereocenters. The van der Waals surface area contributed by atoms with Gasteiger partial charge in [0.25, 0.3) is 0 Å². The molecule has 2 aromatic carbocycles. The molecule has 4 nitrogen and oxygen atoms in total. The van der Waals surface area contributed by atoms with Crippen LogP contribution in [-0.4, -0.2) is 31.7 Å². The second kappa shape index (κ2) is 6.75. The van der Waals surface area contributed by atoms with Gasteiger partial charge in [-0.3, -0.25) is 0 Å². The molecule has 0 radical (unpaired) electrons. The van der Waals surface area contributed by atoms with Gasteiger partial charge in [-0.25, -0.2) is 0 Å². The fourth-order valence-electron chi connectivity index (χ4n) is 3.11. The lowest BCUT2D eigenvalue weighted by atomic mass is 9.77. The summed E-state index contributed by atoms with van der Waals surface area (Å²) < 4.78 is 89.8. The van der Waals surface area contributed by atoms with Crippen LogP contribution in [0.4, 0.5) is 30.8 Å². The maximum absolute atomic E-state index is 13.0. The molecule has 1 aliphatic rings. The first-order chi connectivity index (χ1) is 14.1. The van der Waals surface area contributed by atoms with Crippen LogP contribution in [0.3, 0.4) is 0 Å². The molecule has 0 spiro atoms. The molecule has 1 heterocycles. The van der Waals surface area contributed by atoms with E-state index in [2.05, 4.69) is 5.32 Å². The van der Waals surface area contributed by atoms with Crippen LogP contribution in [-0.2, 0) is 13.9 Å². The highest BCUT2D eigenvalue weighted by atomic mass is 32.5. The highest BCUT2D eigenvalue weighted by Gasteiger charge is 2.65. The highest BCUT2D eigenvalue weighted by molar-refractivity contribution is 8.45. The molecule has 0 saturated carbocycles. The Morgan fingerprint density at radius 2 is 1.38 bits per heavy atom. The van der Waals surface area contributed by atoms with Gasteiger partial charge in [0.2, 0.25) is 0 Å². The number of hydrogen-bond acceptors (Lipinski definition) is 4. The van der Waals surface area contributed by atoms with Crippen LogP contribution < -0.4 is 16.1 Å². The standard InChI is InChI=1S/C20H26BF5NO3PS/c1-19(2)20(3,4)30-21(29-19)17-13-15(31(5,6)28)9-12-18(17)27-14-7-10-16(11-8-14)32(22,23,24,25)26/h7-13,27H,1-6H3. The van der Waals surface area contributed by atoms with E-state index in [1.807, 2.05) is 27.7 Å². The SMILES string of the molecule is CC1(C)OB(c2cc(P(C)(C)=O)ccc2Nc2ccc(S(F)(F)(F)(F)F)cc2)OC1(C)C. The molecule has 0 aliphatic carbocycles. The molecule has 3 rings (SSSR count). The van der Waals surface area contributed by atoms with E-state index < -0.39 is 40.6 Å². The third-order valence-corrected chi connectivity index (χ3v) is 8.43. The zero-order valence-electron chi connectivity index (χ0n) is 18.6. The molecule has 12 heteroatoms. The van der Waals surface area contributed by atoms with Crippen molar-refractivity contribution < 1.29 is 33.3 Å². The van der Waals surface area contributed by atoms with Crippen molar-refractivity contribution in [2.75, 3.05) is 18.6 Å². The Morgan fingerprint density at radius 3 is 1.81 bits per heavy atom. The summed E-state index contributed by atoms with van der Waals surface area (Å²) in [6.07, 6.45) is 0. The highest BCUT2D eigenvalue weighted by Crippen LogP contribution is 3.02. The number of anilines is 2. The lowest BCUT2D eigenvalue weighted by molar-refractivity contribution is 0.00578. The number of halogens is 5. The molecule has 178 valence electrons. The van der Waals surface area contributed by atoms with Crippen LogP contribution in [0.15, 0.2) is 47.4 Å². The minimum atomic E-state index is -9.75. The van der Waals surface area contributed by atoms with Crippen LogP contribution in [0.2, 0.25) is 0 Å². The van der Waals surface area contributed by atoms with E-state index in [0.29, 0.717) is 28.6 Å². The first-order valence-corrected chi connectivity index (χ1v) is 14.3. The van der Waals surface area contributed by atoms with E-state index in [1.54, 1.807) is 31.5 Å². The van der Waals surface area contributed by atoms with Gasteiger partial charge in [0, 0.05) is 22.1 Å². The van der Waals surface area contributed by atoms with Crippen molar-refractivity contribution in [1.82, 2.24) is 0 Å². The molecule has 1 N–H and O–H groups in total. The van der Waals surface area contributed by atoms with Crippen molar-refractivity contribution in [3.8, 4) is 0 Å². The van der Waals surface area contributed by atoms with E-state index in [9.17, 15) is 24.0 Å². The Morgan fingerprint density at radius 1 is 0.875 bits per heavy atom. The first kappa shape index (κ1) is 25.1. The predicted octanol–water partition coefficient (Wildman–Crippen LogP) is 6.63. The topological polar surface area (TPSA) is 47.6 Å². The summed E-state index contributed by atoms with van der Waals surface area (Å²) in [4.78, 5) is -1.96. The molecular weight excluding hydrogens is 471 g/mol. The zero-order chi connectivity index (χ0) is 24.4. The summed E-state index contributed by atoms with van der Waals surface area (Å²) in [5, 5.41) is 3.51. The molecule has 0 amide bonds. The maximum atomic E-state index is 13.0. The molecule has 1 aliphatic heterocycles. The molecule has 0 aromatic heterocycles. The lowest BCUT2D eigenvalue weighted by Gasteiger charge is -2.40. The minimum absolute atomic E-state index is 0.164. The Bertz CT molecular complexity index is 1090. The van der Waals surface area contributed by atoms with Crippen LogP contribution in [0.25, 0.3) is 0 Å². The fourth-order valence-corrected chi connectivity index (χ4v) is 4.65. The molecule has 0 unspecified atom stereocenters. The van der Waals surface area contributed by atoms with E-state index in [-0.39, 0.29) is 5.69 Å². The Balaban J connectivity index is 2.01. The Labute approximate surface area is 185 Å². The molecule has 1 fully saturated rings. The normalized spacial score (nSPS) is 20.5. The molecular formula is C20H26BF5NO3PS. The van der Waals surface area contributed by atoms with Gasteiger partial charge < -0.3 is 19.2 Å². The average Bonchev–Trinajstić information content (AvgIpc) is 2.80. The molecule has 1 saturated heterocycles. The summed E-state index contributed by atoms with van der Waals surface area (Å²) in [7, 11) is -13.2. The van der Waals surface area contributed by atoms with Gasteiger partial charge in [-0.2, -0.15) is 0 Å². The Hall–Kier alpha value is -1.55. The zero-order valence-corrected chi connectivity index (χ0v) is 20.3. The third-order valence-electron chi connectivity index (χ3n) is 5.74. The van der Waals surface area contributed by atoms with Crippen molar-refractivity contribution in [3.05, 3.63) is 42.5 Å². The minimum Gasteiger partial charge on any atom is -0.399 e. The number of hydrogen-bond donors (Lipinski definition) is 1. The van der Waals surface area contributed by atoms with Crippen molar-refractivity contribution >= 4 is 46.6 Å². The summed E-state index contributed by atoms with van der Waals surface area (Å²) in [6, 6.07) is 7.49. The number of benzene rings is 2. The molecule has 0 bridgehead atoms. The number of rotatable bonds is 5. The van der Waals surface area contributed by atoms with Crippen LogP contribution >= 0.6 is 17.4 Å². The second-order valence-electron chi connectivity index (χ2n) is 9.33. The van der Waals surface area contributed by atoms with Crippen molar-refractivity contribution in [1.29, 1.82) is 0 Å². The largest absolute Gasteiger partial charge is 0.497 e. The summed E-state index contributed by atoms with van der Waals surface area (Å²) in [5.41, 5.74) is -0.216. The smallest absolute Gasteiger partial charge is 0.399 e.